The molecule has 1 atom stereocenters. The number of hydrogen-bond acceptors (Lipinski definition) is 4. The molecule has 2 rings (SSSR count). The molecule has 1 aromatic heterocycles. The van der Waals surface area contributed by atoms with Gasteiger partial charge in [-0.2, -0.15) is 26.3 Å². The minimum Gasteiger partial charge on any atom is -0.444 e. The summed E-state index contributed by atoms with van der Waals surface area (Å²) in [5.74, 6) is 0. The van der Waals surface area contributed by atoms with Crippen molar-refractivity contribution in [3.8, 4) is 0 Å². The van der Waals surface area contributed by atoms with Crippen LogP contribution in [0, 0.1) is 0 Å². The SMILES string of the molecule is CC(C)(C)OC(=O)N1CCCCC1c1cc(C(F)(F)F)nnc1C(F)(F)F. The molecule has 1 fully saturated rings. The number of carbonyl (C=O) groups is 1. The summed E-state index contributed by atoms with van der Waals surface area (Å²) in [5.41, 5.74) is -4.70. The number of nitrogens with zero attached hydrogens (tertiary/aromatic N) is 3. The number of piperidine rings is 1. The van der Waals surface area contributed by atoms with Gasteiger partial charge < -0.3 is 9.64 Å². The lowest BCUT2D eigenvalue weighted by molar-refractivity contribution is -0.149. The van der Waals surface area contributed by atoms with Crippen LogP contribution in [0.3, 0.4) is 0 Å². The molecular weight excluding hydrogens is 380 g/mol. The van der Waals surface area contributed by atoms with E-state index in [-0.39, 0.29) is 13.0 Å². The molecule has 0 saturated carbocycles. The molecule has 1 aromatic rings. The minimum absolute atomic E-state index is 0.0608. The Kier molecular flexibility index (Phi) is 5.63. The Morgan fingerprint density at radius 1 is 1.07 bits per heavy atom. The first-order chi connectivity index (χ1) is 12.2. The summed E-state index contributed by atoms with van der Waals surface area (Å²) in [6.07, 6.45) is -9.84. The van der Waals surface area contributed by atoms with Crippen LogP contribution in [0.25, 0.3) is 0 Å². The third kappa shape index (κ3) is 5.23. The van der Waals surface area contributed by atoms with Gasteiger partial charge in [0, 0.05) is 12.1 Å². The molecule has 27 heavy (non-hydrogen) atoms. The summed E-state index contributed by atoms with van der Waals surface area (Å²) >= 11 is 0. The topological polar surface area (TPSA) is 55.3 Å². The van der Waals surface area contributed by atoms with E-state index in [0.717, 1.165) is 4.90 Å². The molecule has 1 amide bonds. The van der Waals surface area contributed by atoms with E-state index in [1.165, 1.54) is 0 Å². The molecule has 11 heteroatoms. The number of halogens is 6. The summed E-state index contributed by atoms with van der Waals surface area (Å²) in [4.78, 5) is 13.4. The van der Waals surface area contributed by atoms with E-state index < -0.39 is 47.0 Å². The number of hydrogen-bond donors (Lipinski definition) is 0. The van der Waals surface area contributed by atoms with Crippen molar-refractivity contribution in [3.05, 3.63) is 23.0 Å². The Hall–Kier alpha value is -2.07. The minimum atomic E-state index is -5.01. The van der Waals surface area contributed by atoms with Gasteiger partial charge in [-0.1, -0.05) is 0 Å². The second-order valence-corrected chi connectivity index (χ2v) is 7.21. The standard InChI is InChI=1S/C16H19F6N3O2/c1-14(2,3)27-13(26)25-7-5-4-6-10(25)9-8-11(15(17,18)19)23-24-12(9)16(20,21)22/h8,10H,4-7H2,1-3H3. The van der Waals surface area contributed by atoms with Crippen molar-refractivity contribution in [3.63, 3.8) is 0 Å². The lowest BCUT2D eigenvalue weighted by Gasteiger charge is -2.37. The van der Waals surface area contributed by atoms with Crippen LogP contribution in [0.5, 0.6) is 0 Å². The van der Waals surface area contributed by atoms with Crippen molar-refractivity contribution in [2.75, 3.05) is 6.54 Å². The lowest BCUT2D eigenvalue weighted by atomic mass is 9.94. The van der Waals surface area contributed by atoms with E-state index in [2.05, 4.69) is 10.2 Å². The third-order valence-electron chi connectivity index (χ3n) is 3.87. The molecule has 0 aromatic carbocycles. The Morgan fingerprint density at radius 3 is 2.22 bits per heavy atom. The van der Waals surface area contributed by atoms with E-state index in [0.29, 0.717) is 18.9 Å². The van der Waals surface area contributed by atoms with Gasteiger partial charge in [0.05, 0.1) is 6.04 Å². The zero-order valence-corrected chi connectivity index (χ0v) is 14.9. The van der Waals surface area contributed by atoms with E-state index in [9.17, 15) is 31.1 Å². The molecule has 5 nitrogen and oxygen atoms in total. The van der Waals surface area contributed by atoms with Gasteiger partial charge >= 0.3 is 18.4 Å². The number of rotatable bonds is 1. The highest BCUT2D eigenvalue weighted by Crippen LogP contribution is 2.41. The number of ether oxygens (including phenoxy) is 1. The zero-order chi connectivity index (χ0) is 20.6. The van der Waals surface area contributed by atoms with Gasteiger partial charge in [0.25, 0.3) is 0 Å². The second kappa shape index (κ2) is 7.16. The first kappa shape index (κ1) is 21.2. The van der Waals surface area contributed by atoms with Gasteiger partial charge in [0.2, 0.25) is 0 Å². The summed E-state index contributed by atoms with van der Waals surface area (Å²) in [6, 6.07) is -0.912. The maximum absolute atomic E-state index is 13.3. The Morgan fingerprint density at radius 2 is 1.70 bits per heavy atom. The Labute approximate surface area is 151 Å². The predicted octanol–water partition coefficient (Wildman–Crippen LogP) is 4.98. The molecular formula is C16H19F6N3O2. The van der Waals surface area contributed by atoms with Crippen molar-refractivity contribution in [1.29, 1.82) is 0 Å². The summed E-state index contributed by atoms with van der Waals surface area (Å²) in [7, 11) is 0. The van der Waals surface area contributed by atoms with Gasteiger partial charge in [0.15, 0.2) is 11.4 Å². The molecule has 0 N–H and O–H groups in total. The van der Waals surface area contributed by atoms with Crippen LogP contribution in [0.2, 0.25) is 0 Å². The average molecular weight is 399 g/mol. The van der Waals surface area contributed by atoms with Crippen molar-refractivity contribution < 1.29 is 35.9 Å². The Bertz CT molecular complexity index is 697. The van der Waals surface area contributed by atoms with Crippen LogP contribution < -0.4 is 0 Å². The second-order valence-electron chi connectivity index (χ2n) is 7.21. The van der Waals surface area contributed by atoms with Gasteiger partial charge in [-0.15, -0.1) is 10.2 Å². The van der Waals surface area contributed by atoms with Crippen LogP contribution >= 0.6 is 0 Å². The fourth-order valence-corrected chi connectivity index (χ4v) is 2.81. The largest absolute Gasteiger partial charge is 0.444 e. The first-order valence-electron chi connectivity index (χ1n) is 8.22. The fourth-order valence-electron chi connectivity index (χ4n) is 2.81. The van der Waals surface area contributed by atoms with Gasteiger partial charge in [-0.25, -0.2) is 4.79 Å². The molecule has 1 saturated heterocycles. The summed E-state index contributed by atoms with van der Waals surface area (Å²) < 4.78 is 84.0. The zero-order valence-electron chi connectivity index (χ0n) is 14.9. The molecule has 0 aliphatic carbocycles. The third-order valence-corrected chi connectivity index (χ3v) is 3.87. The van der Waals surface area contributed by atoms with Crippen molar-refractivity contribution >= 4 is 6.09 Å². The van der Waals surface area contributed by atoms with Crippen LogP contribution in [0.1, 0.15) is 63.0 Å². The smallest absolute Gasteiger partial charge is 0.435 e. The highest BCUT2D eigenvalue weighted by atomic mass is 19.4. The molecule has 2 heterocycles. The fraction of sp³-hybridized carbons (Fsp3) is 0.688. The van der Waals surface area contributed by atoms with E-state index in [1.807, 2.05) is 0 Å². The predicted molar refractivity (Wildman–Crippen MR) is 81.6 cm³/mol. The molecule has 0 radical (unpaired) electrons. The van der Waals surface area contributed by atoms with Crippen LogP contribution in [0.15, 0.2) is 6.07 Å². The molecule has 0 spiro atoms. The van der Waals surface area contributed by atoms with E-state index in [4.69, 9.17) is 4.74 Å². The number of carbonyl (C=O) groups excluding carboxylic acids is 1. The average Bonchev–Trinajstić information content (AvgIpc) is 2.51. The van der Waals surface area contributed by atoms with Crippen LogP contribution in [-0.2, 0) is 17.1 Å². The highest BCUT2D eigenvalue weighted by Gasteiger charge is 2.44. The number of aromatic nitrogens is 2. The maximum atomic E-state index is 13.3. The lowest BCUT2D eigenvalue weighted by Crippen LogP contribution is -2.42. The molecule has 1 aliphatic rings. The summed E-state index contributed by atoms with van der Waals surface area (Å²) in [6.45, 7) is 4.82. The van der Waals surface area contributed by atoms with Gasteiger partial charge in [-0.3, -0.25) is 0 Å². The van der Waals surface area contributed by atoms with Crippen LogP contribution in [-0.4, -0.2) is 33.3 Å². The highest BCUT2D eigenvalue weighted by molar-refractivity contribution is 5.69. The van der Waals surface area contributed by atoms with Crippen molar-refractivity contribution in [2.24, 2.45) is 0 Å². The normalized spacial score (nSPS) is 19.1. The van der Waals surface area contributed by atoms with Gasteiger partial charge in [0.1, 0.15) is 5.60 Å². The molecule has 1 unspecified atom stereocenters. The van der Waals surface area contributed by atoms with E-state index in [1.54, 1.807) is 20.8 Å². The number of alkyl halides is 6. The molecule has 1 aliphatic heterocycles. The number of amides is 1. The quantitative estimate of drug-likeness (QED) is 0.626. The monoisotopic (exact) mass is 399 g/mol. The van der Waals surface area contributed by atoms with Gasteiger partial charge in [-0.05, 0) is 46.1 Å². The number of likely N-dealkylation sites (tertiary alicyclic amines) is 1. The van der Waals surface area contributed by atoms with Crippen molar-refractivity contribution in [2.45, 2.75) is 64.0 Å². The Balaban J connectivity index is 2.52. The molecule has 152 valence electrons. The first-order valence-corrected chi connectivity index (χ1v) is 8.22. The van der Waals surface area contributed by atoms with Crippen molar-refractivity contribution in [1.82, 2.24) is 15.1 Å². The maximum Gasteiger partial charge on any atom is 0.435 e. The van der Waals surface area contributed by atoms with E-state index >= 15 is 0 Å². The summed E-state index contributed by atoms with van der Waals surface area (Å²) in [5, 5.41) is 5.46. The molecule has 0 bridgehead atoms. The van der Waals surface area contributed by atoms with Crippen LogP contribution in [0.4, 0.5) is 31.1 Å².